The Morgan fingerprint density at radius 1 is 1.18 bits per heavy atom. The Labute approximate surface area is 195 Å². The number of rotatable bonds is 7. The Balaban J connectivity index is 1.48. The van der Waals surface area contributed by atoms with Gasteiger partial charge in [0.25, 0.3) is 0 Å². The Morgan fingerprint density at radius 2 is 1.91 bits per heavy atom. The molecule has 1 atom stereocenters. The summed E-state index contributed by atoms with van der Waals surface area (Å²) in [6.45, 7) is 3.88. The van der Waals surface area contributed by atoms with Gasteiger partial charge in [-0.15, -0.1) is 11.3 Å². The summed E-state index contributed by atoms with van der Waals surface area (Å²) in [6, 6.07) is 9.30. The highest BCUT2D eigenvalue weighted by Crippen LogP contribution is 2.37. The van der Waals surface area contributed by atoms with Gasteiger partial charge in [0.05, 0.1) is 34.4 Å². The molecule has 34 heavy (non-hydrogen) atoms. The first kappa shape index (κ1) is 23.8. The average molecular weight is 493 g/mol. The van der Waals surface area contributed by atoms with Gasteiger partial charge in [-0.3, -0.25) is 9.51 Å². The van der Waals surface area contributed by atoms with E-state index >= 15 is 0 Å². The van der Waals surface area contributed by atoms with Gasteiger partial charge in [-0.25, -0.2) is 14.2 Å². The van der Waals surface area contributed by atoms with Crippen LogP contribution in [0.2, 0.25) is 0 Å². The van der Waals surface area contributed by atoms with Gasteiger partial charge in [0.1, 0.15) is 10.8 Å². The number of nitrogens with one attached hydrogen (secondary N) is 1. The number of aromatic nitrogens is 3. The molecule has 178 valence electrons. The minimum absolute atomic E-state index is 0.00233. The lowest BCUT2D eigenvalue weighted by Crippen LogP contribution is -2.04. The van der Waals surface area contributed by atoms with Gasteiger partial charge in [-0.1, -0.05) is 30.3 Å². The minimum atomic E-state index is -4.40. The van der Waals surface area contributed by atoms with Crippen molar-refractivity contribution in [3.05, 3.63) is 80.5 Å². The lowest BCUT2D eigenvalue weighted by Gasteiger charge is -2.15. The molecule has 2 aromatic carbocycles. The van der Waals surface area contributed by atoms with Crippen LogP contribution < -0.4 is 5.76 Å². The lowest BCUT2D eigenvalue weighted by molar-refractivity contribution is -0.137. The second-order valence-electron chi connectivity index (χ2n) is 7.51. The van der Waals surface area contributed by atoms with Gasteiger partial charge in [0.2, 0.25) is 0 Å². The summed E-state index contributed by atoms with van der Waals surface area (Å²) in [6.07, 6.45) is -4.10. The van der Waals surface area contributed by atoms with Crippen LogP contribution in [0.4, 0.5) is 17.6 Å². The maximum Gasteiger partial charge on any atom is 0.439 e. The van der Waals surface area contributed by atoms with E-state index in [4.69, 9.17) is 4.74 Å². The van der Waals surface area contributed by atoms with Crippen molar-refractivity contribution in [2.45, 2.75) is 39.2 Å². The molecule has 0 amide bonds. The van der Waals surface area contributed by atoms with Crippen LogP contribution in [0.1, 0.15) is 41.1 Å². The summed E-state index contributed by atoms with van der Waals surface area (Å²) in [7, 11) is 0. The number of alkyl halides is 3. The molecule has 2 aromatic heterocycles. The molecule has 0 aliphatic rings. The molecule has 1 N–H and O–H groups in total. The minimum Gasteiger partial charge on any atom is -0.368 e. The quantitative estimate of drug-likeness (QED) is 0.306. The number of ether oxygens (including phenoxy) is 1. The zero-order chi connectivity index (χ0) is 24.5. The predicted molar refractivity (Wildman–Crippen MR) is 118 cm³/mol. The van der Waals surface area contributed by atoms with E-state index in [0.717, 1.165) is 22.7 Å². The molecule has 0 spiro atoms. The Hall–Kier alpha value is -3.31. The maximum atomic E-state index is 14.5. The van der Waals surface area contributed by atoms with Crippen molar-refractivity contribution >= 4 is 11.3 Å². The van der Waals surface area contributed by atoms with Crippen molar-refractivity contribution in [2.24, 2.45) is 0 Å². The Kier molecular flexibility index (Phi) is 6.67. The van der Waals surface area contributed by atoms with Crippen molar-refractivity contribution in [3.8, 4) is 22.0 Å². The van der Waals surface area contributed by atoms with E-state index in [1.807, 2.05) is 13.8 Å². The molecule has 0 aliphatic heterocycles. The third-order valence-corrected chi connectivity index (χ3v) is 6.43. The van der Waals surface area contributed by atoms with Crippen LogP contribution in [0, 0.1) is 12.7 Å². The first-order valence-corrected chi connectivity index (χ1v) is 11.1. The van der Waals surface area contributed by atoms with Crippen LogP contribution in [0.15, 0.2) is 51.8 Å². The average Bonchev–Trinajstić information content (AvgIpc) is 3.40. The number of benzene rings is 2. The van der Waals surface area contributed by atoms with Gasteiger partial charge in [0, 0.05) is 5.56 Å². The summed E-state index contributed by atoms with van der Waals surface area (Å²) in [5, 5.41) is 4.08. The first-order chi connectivity index (χ1) is 16.2. The van der Waals surface area contributed by atoms with E-state index in [9.17, 15) is 22.4 Å². The molecule has 0 aliphatic carbocycles. The molecule has 1 unspecified atom stereocenters. The van der Waals surface area contributed by atoms with E-state index in [-0.39, 0.29) is 24.1 Å². The number of aryl methyl sites for hydroxylation is 1. The fourth-order valence-electron chi connectivity index (χ4n) is 3.39. The molecule has 0 saturated heterocycles. The maximum absolute atomic E-state index is 14.5. The van der Waals surface area contributed by atoms with Gasteiger partial charge < -0.3 is 4.74 Å². The topological polar surface area (TPSA) is 81.0 Å². The standard InChI is InChI=1S/C23H19F4N3O3S/c1-3-18(32-11-13-4-9-16(17(24)10-13)20-29-22(31)33-30-20)19-12(2)28-21(34-19)14-5-7-15(8-6-14)23(25,26)27/h4-10,18H,3,11H2,1-2H3,(H,29,30,31). The zero-order valence-electron chi connectivity index (χ0n) is 18.1. The molecule has 0 fully saturated rings. The largest absolute Gasteiger partial charge is 0.439 e. The fourth-order valence-corrected chi connectivity index (χ4v) is 4.60. The Bertz CT molecular complexity index is 1340. The van der Waals surface area contributed by atoms with Gasteiger partial charge >= 0.3 is 11.9 Å². The highest BCUT2D eigenvalue weighted by Gasteiger charge is 2.30. The van der Waals surface area contributed by atoms with Gasteiger partial charge in [-0.05, 0) is 43.2 Å². The van der Waals surface area contributed by atoms with E-state index in [1.165, 1.54) is 35.6 Å². The molecule has 0 saturated carbocycles. The molecule has 2 heterocycles. The number of thiazole rings is 1. The smallest absolute Gasteiger partial charge is 0.368 e. The van der Waals surface area contributed by atoms with Gasteiger partial charge in [0.15, 0.2) is 5.82 Å². The van der Waals surface area contributed by atoms with Crippen molar-refractivity contribution in [3.63, 3.8) is 0 Å². The van der Waals surface area contributed by atoms with Crippen LogP contribution in [-0.4, -0.2) is 15.1 Å². The highest BCUT2D eigenvalue weighted by molar-refractivity contribution is 7.15. The molecule has 0 radical (unpaired) electrons. The summed E-state index contributed by atoms with van der Waals surface area (Å²) in [5.74, 6) is -1.36. The van der Waals surface area contributed by atoms with E-state index < -0.39 is 23.3 Å². The lowest BCUT2D eigenvalue weighted by atomic mass is 10.1. The van der Waals surface area contributed by atoms with Crippen LogP contribution in [-0.2, 0) is 17.5 Å². The van der Waals surface area contributed by atoms with Crippen molar-refractivity contribution in [1.82, 2.24) is 15.1 Å². The molecule has 0 bridgehead atoms. The van der Waals surface area contributed by atoms with Crippen molar-refractivity contribution < 1.29 is 26.8 Å². The van der Waals surface area contributed by atoms with E-state index in [2.05, 4.69) is 19.6 Å². The normalized spacial score (nSPS) is 12.8. The Morgan fingerprint density at radius 3 is 2.50 bits per heavy atom. The monoisotopic (exact) mass is 493 g/mol. The summed E-state index contributed by atoms with van der Waals surface area (Å²) < 4.78 is 63.4. The number of H-pyrrole nitrogens is 1. The van der Waals surface area contributed by atoms with Crippen LogP contribution in [0.5, 0.6) is 0 Å². The molecule has 11 heteroatoms. The number of halogens is 4. The van der Waals surface area contributed by atoms with Crippen molar-refractivity contribution in [2.75, 3.05) is 0 Å². The molecule has 6 nitrogen and oxygen atoms in total. The number of nitrogens with zero attached hydrogens (tertiary/aromatic N) is 2. The zero-order valence-corrected chi connectivity index (χ0v) is 18.9. The molecule has 4 rings (SSSR count). The SMILES string of the molecule is CCC(OCc1ccc(-c2noc(=O)[nH]2)c(F)c1)c1sc(-c2ccc(C(F)(F)F)cc2)nc1C. The number of hydrogen-bond acceptors (Lipinski definition) is 6. The summed E-state index contributed by atoms with van der Waals surface area (Å²) in [5.41, 5.74) is 1.28. The first-order valence-electron chi connectivity index (χ1n) is 10.3. The van der Waals surface area contributed by atoms with E-state index in [1.54, 1.807) is 6.07 Å². The third-order valence-electron chi connectivity index (χ3n) is 5.13. The fraction of sp³-hybridized carbons (Fsp3) is 0.261. The predicted octanol–water partition coefficient (Wildman–Crippen LogP) is 6.29. The second kappa shape index (κ2) is 9.51. The van der Waals surface area contributed by atoms with Crippen LogP contribution in [0.25, 0.3) is 22.0 Å². The number of aromatic amines is 1. The number of hydrogen-bond donors (Lipinski definition) is 1. The van der Waals surface area contributed by atoms with E-state index in [0.29, 0.717) is 22.6 Å². The summed E-state index contributed by atoms with van der Waals surface area (Å²) >= 11 is 1.36. The molecular formula is C23H19F4N3O3S. The third kappa shape index (κ3) is 5.10. The summed E-state index contributed by atoms with van der Waals surface area (Å²) in [4.78, 5) is 18.8. The highest BCUT2D eigenvalue weighted by atomic mass is 32.1. The van der Waals surface area contributed by atoms with Crippen LogP contribution in [0.3, 0.4) is 0 Å². The second-order valence-corrected chi connectivity index (χ2v) is 8.54. The van der Waals surface area contributed by atoms with Crippen LogP contribution >= 0.6 is 11.3 Å². The molecule has 4 aromatic rings. The molecular weight excluding hydrogens is 474 g/mol. The van der Waals surface area contributed by atoms with Crippen molar-refractivity contribution in [1.29, 1.82) is 0 Å². The van der Waals surface area contributed by atoms with Gasteiger partial charge in [-0.2, -0.15) is 13.2 Å².